The van der Waals surface area contributed by atoms with Crippen LogP contribution >= 0.6 is 12.2 Å². The minimum atomic E-state index is -0.153. The minimum Gasteiger partial charge on any atom is -0.352 e. The number of nitrogens with one attached hydrogen (secondary N) is 2. The van der Waals surface area contributed by atoms with Crippen molar-refractivity contribution in [3.05, 3.63) is 108 Å². The van der Waals surface area contributed by atoms with Crippen molar-refractivity contribution >= 4 is 28.9 Å². The summed E-state index contributed by atoms with van der Waals surface area (Å²) in [7, 11) is 0. The first-order chi connectivity index (χ1) is 17.1. The van der Waals surface area contributed by atoms with Crippen LogP contribution in [-0.2, 0) is 4.79 Å². The van der Waals surface area contributed by atoms with Gasteiger partial charge in [-0.3, -0.25) is 14.8 Å². The van der Waals surface area contributed by atoms with Crippen molar-refractivity contribution in [3.8, 4) is 5.69 Å². The number of thiocarbonyl (C=S) groups is 1. The predicted molar refractivity (Wildman–Crippen MR) is 140 cm³/mol. The van der Waals surface area contributed by atoms with E-state index in [2.05, 4.69) is 36.1 Å². The van der Waals surface area contributed by atoms with Crippen LogP contribution in [0, 0.1) is 6.92 Å². The van der Waals surface area contributed by atoms with E-state index in [9.17, 15) is 4.79 Å². The van der Waals surface area contributed by atoms with Crippen molar-refractivity contribution in [1.82, 2.24) is 24.8 Å². The largest absolute Gasteiger partial charge is 0.352 e. The molecule has 2 atom stereocenters. The van der Waals surface area contributed by atoms with Gasteiger partial charge in [0.15, 0.2) is 5.11 Å². The Morgan fingerprint density at radius 2 is 1.83 bits per heavy atom. The molecule has 35 heavy (non-hydrogen) atoms. The van der Waals surface area contributed by atoms with Crippen LogP contribution in [0.15, 0.2) is 91.5 Å². The van der Waals surface area contributed by atoms with Gasteiger partial charge in [-0.25, -0.2) is 0 Å². The fourth-order valence-corrected chi connectivity index (χ4v) is 4.76. The van der Waals surface area contributed by atoms with E-state index in [4.69, 9.17) is 12.2 Å². The molecule has 1 saturated heterocycles. The van der Waals surface area contributed by atoms with E-state index in [1.165, 1.54) is 0 Å². The highest BCUT2D eigenvalue weighted by molar-refractivity contribution is 7.80. The van der Waals surface area contributed by atoms with Gasteiger partial charge in [-0.15, -0.1) is 0 Å². The summed E-state index contributed by atoms with van der Waals surface area (Å²) in [5, 5.41) is 7.05. The Balaban J connectivity index is 1.42. The van der Waals surface area contributed by atoms with Gasteiger partial charge in [0, 0.05) is 54.8 Å². The van der Waals surface area contributed by atoms with E-state index in [1.54, 1.807) is 18.6 Å². The van der Waals surface area contributed by atoms with Gasteiger partial charge in [-0.05, 0) is 67.7 Å². The first-order valence-electron chi connectivity index (χ1n) is 11.5. The summed E-state index contributed by atoms with van der Waals surface area (Å²) in [6, 6.07) is 21.4. The van der Waals surface area contributed by atoms with E-state index >= 15 is 0 Å². The van der Waals surface area contributed by atoms with Crippen LogP contribution in [-0.4, -0.2) is 37.0 Å². The molecule has 1 amide bonds. The van der Waals surface area contributed by atoms with Crippen LogP contribution in [0.2, 0.25) is 0 Å². The molecule has 0 unspecified atom stereocenters. The molecule has 0 saturated carbocycles. The molecule has 7 nitrogen and oxygen atoms in total. The number of hydrogen-bond donors (Lipinski definition) is 2. The maximum atomic E-state index is 12.8. The lowest BCUT2D eigenvalue weighted by Gasteiger charge is -2.28. The van der Waals surface area contributed by atoms with E-state index in [-0.39, 0.29) is 18.0 Å². The number of rotatable bonds is 7. The van der Waals surface area contributed by atoms with E-state index < -0.39 is 0 Å². The summed E-state index contributed by atoms with van der Waals surface area (Å²) in [5.74, 6) is -0.0544. The number of aromatic nitrogens is 3. The van der Waals surface area contributed by atoms with Crippen LogP contribution in [0.3, 0.4) is 0 Å². The van der Waals surface area contributed by atoms with E-state index in [1.807, 2.05) is 73.8 Å². The second-order valence-corrected chi connectivity index (χ2v) is 8.88. The Kier molecular flexibility index (Phi) is 6.54. The Hall–Kier alpha value is -4.04. The lowest BCUT2D eigenvalue weighted by molar-refractivity contribution is -0.116. The highest BCUT2D eigenvalue weighted by atomic mass is 32.1. The van der Waals surface area contributed by atoms with Crippen molar-refractivity contribution in [2.75, 3.05) is 11.9 Å². The van der Waals surface area contributed by atoms with Crippen LogP contribution in [0.1, 0.15) is 35.5 Å². The van der Waals surface area contributed by atoms with Crippen molar-refractivity contribution in [3.63, 3.8) is 0 Å². The summed E-state index contributed by atoms with van der Waals surface area (Å²) in [6.45, 7) is 2.49. The molecule has 4 aromatic rings. The molecule has 1 aliphatic heterocycles. The molecule has 2 N–H and O–H groups in total. The normalized spacial score (nSPS) is 17.3. The monoisotopic (exact) mass is 482 g/mol. The van der Waals surface area contributed by atoms with Crippen molar-refractivity contribution < 1.29 is 4.79 Å². The fourth-order valence-electron chi connectivity index (χ4n) is 4.43. The first kappa shape index (κ1) is 22.7. The van der Waals surface area contributed by atoms with Crippen LogP contribution < -0.4 is 10.6 Å². The van der Waals surface area contributed by atoms with E-state index in [0.29, 0.717) is 18.1 Å². The summed E-state index contributed by atoms with van der Waals surface area (Å²) in [5.41, 5.74) is 4.90. The number of aryl methyl sites for hydroxylation is 1. The third-order valence-electron chi connectivity index (χ3n) is 6.14. The number of anilines is 1. The van der Waals surface area contributed by atoms with Crippen molar-refractivity contribution in [2.24, 2.45) is 0 Å². The molecule has 5 rings (SSSR count). The molecule has 4 heterocycles. The smallest absolute Gasteiger partial charge is 0.226 e. The highest BCUT2D eigenvalue weighted by Crippen LogP contribution is 2.39. The van der Waals surface area contributed by atoms with Gasteiger partial charge in [-0.2, -0.15) is 0 Å². The number of carbonyl (C=O) groups excluding carboxylic acids is 1. The zero-order chi connectivity index (χ0) is 24.2. The molecular weight excluding hydrogens is 456 g/mol. The zero-order valence-corrected chi connectivity index (χ0v) is 20.2. The standard InChI is InChI=1S/C27H26N6OS/c1-19-7-9-20(10-8-19)30-24(34)13-18-33-26(25(31-27(33)35)22-5-2-3-14-29-22)23-6-4-17-32(23)21-11-15-28-16-12-21/h2-12,14-17,25-26H,13,18H2,1H3,(H,30,34)(H,31,35)/t25-,26+/m1/s1. The molecule has 8 heteroatoms. The Morgan fingerprint density at radius 3 is 2.57 bits per heavy atom. The van der Waals surface area contributed by atoms with Crippen LogP contribution in [0.4, 0.5) is 5.69 Å². The van der Waals surface area contributed by atoms with Gasteiger partial charge in [0.2, 0.25) is 5.91 Å². The van der Waals surface area contributed by atoms with Gasteiger partial charge in [0.1, 0.15) is 0 Å². The predicted octanol–water partition coefficient (Wildman–Crippen LogP) is 4.58. The molecule has 0 bridgehead atoms. The topological polar surface area (TPSA) is 75.1 Å². The van der Waals surface area contributed by atoms with E-state index in [0.717, 1.165) is 28.3 Å². The lowest BCUT2D eigenvalue weighted by atomic mass is 10.0. The minimum absolute atomic E-state index is 0.0544. The fraction of sp³-hybridized carbons (Fsp3) is 0.185. The molecule has 0 spiro atoms. The molecule has 1 aliphatic rings. The van der Waals surface area contributed by atoms with Crippen molar-refractivity contribution in [1.29, 1.82) is 0 Å². The number of hydrogen-bond acceptors (Lipinski definition) is 4. The summed E-state index contributed by atoms with van der Waals surface area (Å²) < 4.78 is 2.14. The quantitative estimate of drug-likeness (QED) is 0.376. The Morgan fingerprint density at radius 1 is 1.03 bits per heavy atom. The average molecular weight is 483 g/mol. The number of amides is 1. The van der Waals surface area contributed by atoms with Gasteiger partial charge in [0.25, 0.3) is 0 Å². The second kappa shape index (κ2) is 10.1. The van der Waals surface area contributed by atoms with Crippen molar-refractivity contribution in [2.45, 2.75) is 25.4 Å². The molecule has 0 aliphatic carbocycles. The molecule has 1 fully saturated rings. The maximum absolute atomic E-state index is 12.8. The Labute approximate surface area is 209 Å². The van der Waals surface area contributed by atoms with Gasteiger partial charge in [0.05, 0.1) is 17.8 Å². The second-order valence-electron chi connectivity index (χ2n) is 8.49. The van der Waals surface area contributed by atoms with Gasteiger partial charge < -0.3 is 20.1 Å². The Bertz CT molecular complexity index is 1310. The molecular formula is C27H26N6OS. The zero-order valence-electron chi connectivity index (χ0n) is 19.3. The maximum Gasteiger partial charge on any atom is 0.226 e. The molecule has 0 radical (unpaired) electrons. The summed E-state index contributed by atoms with van der Waals surface area (Å²) in [6.07, 6.45) is 7.68. The summed E-state index contributed by atoms with van der Waals surface area (Å²) in [4.78, 5) is 23.6. The number of benzene rings is 1. The lowest BCUT2D eigenvalue weighted by Crippen LogP contribution is -2.33. The molecule has 3 aromatic heterocycles. The third kappa shape index (κ3) is 4.93. The first-order valence-corrected chi connectivity index (χ1v) is 11.9. The molecule has 176 valence electrons. The van der Waals surface area contributed by atoms with Crippen LogP contribution in [0.5, 0.6) is 0 Å². The molecule has 1 aromatic carbocycles. The average Bonchev–Trinajstić information content (AvgIpc) is 3.49. The van der Waals surface area contributed by atoms with Gasteiger partial charge in [-0.1, -0.05) is 23.8 Å². The highest BCUT2D eigenvalue weighted by Gasteiger charge is 2.41. The SMILES string of the molecule is Cc1ccc(NC(=O)CCN2C(=S)N[C@H](c3ccccn3)[C@@H]2c2cccn2-c2ccncc2)cc1. The third-order valence-corrected chi connectivity index (χ3v) is 6.49. The number of pyridine rings is 2. The summed E-state index contributed by atoms with van der Waals surface area (Å²) >= 11 is 5.76. The van der Waals surface area contributed by atoms with Crippen LogP contribution in [0.25, 0.3) is 5.69 Å². The number of carbonyl (C=O) groups is 1. The van der Waals surface area contributed by atoms with Gasteiger partial charge >= 0.3 is 0 Å². The number of nitrogens with zero attached hydrogens (tertiary/aromatic N) is 4.